The van der Waals surface area contributed by atoms with Gasteiger partial charge in [-0.25, -0.2) is 8.78 Å². The van der Waals surface area contributed by atoms with Gasteiger partial charge in [0, 0.05) is 19.2 Å². The Labute approximate surface area is 132 Å². The van der Waals surface area contributed by atoms with Crippen molar-refractivity contribution in [3.63, 3.8) is 0 Å². The highest BCUT2D eigenvalue weighted by molar-refractivity contribution is 5.85. The van der Waals surface area contributed by atoms with E-state index in [1.165, 1.54) is 0 Å². The maximum atomic E-state index is 13.0. The van der Waals surface area contributed by atoms with E-state index in [0.717, 1.165) is 18.2 Å². The zero-order valence-corrected chi connectivity index (χ0v) is 12.5. The summed E-state index contributed by atoms with van der Waals surface area (Å²) in [5, 5.41) is 11.4. The quantitative estimate of drug-likeness (QED) is 0.854. The van der Waals surface area contributed by atoms with E-state index in [-0.39, 0.29) is 31.4 Å². The summed E-state index contributed by atoms with van der Waals surface area (Å²) in [6.45, 7) is 1.02. The lowest BCUT2D eigenvalue weighted by Gasteiger charge is -2.14. The molecular formula is C14H17ClF2N2O3. The first-order valence-electron chi connectivity index (χ1n) is 6.61. The molecule has 1 atom stereocenters. The van der Waals surface area contributed by atoms with Crippen LogP contribution in [0.15, 0.2) is 18.2 Å². The molecule has 1 aromatic rings. The summed E-state index contributed by atoms with van der Waals surface area (Å²) >= 11 is 0. The molecule has 0 saturated carbocycles. The lowest BCUT2D eigenvalue weighted by molar-refractivity contribution is -0.141. The molecule has 1 amide bonds. The first kappa shape index (κ1) is 18.3. The largest absolute Gasteiger partial charge is 0.481 e. The normalized spacial score (nSPS) is 17.8. The molecule has 2 N–H and O–H groups in total. The van der Waals surface area contributed by atoms with Crippen LogP contribution in [-0.4, -0.2) is 41.5 Å². The highest BCUT2D eigenvalue weighted by Crippen LogP contribution is 2.15. The van der Waals surface area contributed by atoms with Gasteiger partial charge in [-0.15, -0.1) is 12.4 Å². The summed E-state index contributed by atoms with van der Waals surface area (Å²) in [6, 6.07) is 3.07. The Hall–Kier alpha value is -1.73. The molecule has 2 rings (SSSR count). The first-order chi connectivity index (χ1) is 9.94. The summed E-state index contributed by atoms with van der Waals surface area (Å²) in [7, 11) is 0. The van der Waals surface area contributed by atoms with Gasteiger partial charge in [-0.05, 0) is 30.7 Å². The van der Waals surface area contributed by atoms with Crippen LogP contribution in [0.1, 0.15) is 12.0 Å². The number of nitrogens with zero attached hydrogens (tertiary/aromatic N) is 1. The van der Waals surface area contributed by atoms with Crippen LogP contribution in [-0.2, 0) is 16.1 Å². The molecule has 1 heterocycles. The number of hydrogen-bond acceptors (Lipinski definition) is 3. The van der Waals surface area contributed by atoms with Crippen LogP contribution in [0.5, 0.6) is 0 Å². The number of amides is 1. The van der Waals surface area contributed by atoms with Crippen LogP contribution >= 0.6 is 12.4 Å². The minimum absolute atomic E-state index is 0. The Morgan fingerprint density at radius 3 is 2.45 bits per heavy atom. The average molecular weight is 335 g/mol. The van der Waals surface area contributed by atoms with Gasteiger partial charge < -0.3 is 10.4 Å². The van der Waals surface area contributed by atoms with E-state index in [4.69, 9.17) is 5.11 Å². The van der Waals surface area contributed by atoms with Crippen molar-refractivity contribution < 1.29 is 23.5 Å². The Balaban J connectivity index is 0.00000242. The fourth-order valence-corrected chi connectivity index (χ4v) is 2.35. The molecule has 1 fully saturated rings. The highest BCUT2D eigenvalue weighted by Gasteiger charge is 2.28. The summed E-state index contributed by atoms with van der Waals surface area (Å²) < 4.78 is 26.0. The molecule has 1 aromatic carbocycles. The molecule has 22 heavy (non-hydrogen) atoms. The topological polar surface area (TPSA) is 69.6 Å². The second-order valence-electron chi connectivity index (χ2n) is 5.11. The summed E-state index contributed by atoms with van der Waals surface area (Å²) in [5.41, 5.74) is 0.339. The molecule has 1 saturated heterocycles. The van der Waals surface area contributed by atoms with Crippen molar-refractivity contribution in [3.05, 3.63) is 35.4 Å². The molecule has 0 radical (unpaired) electrons. The highest BCUT2D eigenvalue weighted by atomic mass is 35.5. The van der Waals surface area contributed by atoms with Gasteiger partial charge >= 0.3 is 5.97 Å². The molecule has 0 aromatic heterocycles. The fourth-order valence-electron chi connectivity index (χ4n) is 2.35. The first-order valence-corrected chi connectivity index (χ1v) is 6.61. The van der Waals surface area contributed by atoms with Gasteiger partial charge in [-0.1, -0.05) is 0 Å². The third-order valence-electron chi connectivity index (χ3n) is 3.40. The van der Waals surface area contributed by atoms with E-state index >= 15 is 0 Å². The number of carboxylic acids is 1. The van der Waals surface area contributed by atoms with E-state index in [2.05, 4.69) is 5.32 Å². The van der Waals surface area contributed by atoms with Crippen molar-refractivity contribution in [2.24, 2.45) is 5.92 Å². The number of rotatable bonds is 5. The van der Waals surface area contributed by atoms with Crippen molar-refractivity contribution in [1.82, 2.24) is 10.2 Å². The van der Waals surface area contributed by atoms with Crippen molar-refractivity contribution in [2.75, 3.05) is 19.6 Å². The number of carbonyl (C=O) groups is 2. The lowest BCUT2D eigenvalue weighted by atomic mass is 10.1. The molecule has 5 nitrogen and oxygen atoms in total. The third kappa shape index (κ3) is 5.23. The predicted molar refractivity (Wildman–Crippen MR) is 77.6 cm³/mol. The Kier molecular flexibility index (Phi) is 6.70. The summed E-state index contributed by atoms with van der Waals surface area (Å²) in [6.07, 6.45) is 0.526. The van der Waals surface area contributed by atoms with Crippen LogP contribution in [0.25, 0.3) is 0 Å². The molecule has 122 valence electrons. The monoisotopic (exact) mass is 334 g/mol. The maximum Gasteiger partial charge on any atom is 0.307 e. The van der Waals surface area contributed by atoms with Crippen molar-refractivity contribution in [2.45, 2.75) is 13.0 Å². The Morgan fingerprint density at radius 2 is 1.91 bits per heavy atom. The summed E-state index contributed by atoms with van der Waals surface area (Å²) in [5.74, 6) is -2.97. The van der Waals surface area contributed by atoms with E-state index < -0.39 is 23.5 Å². The van der Waals surface area contributed by atoms with E-state index in [9.17, 15) is 18.4 Å². The number of aliphatic carboxylic acids is 1. The number of hydrogen-bond donors (Lipinski definition) is 2. The standard InChI is InChI=1S/C14H16F2N2O3.ClH/c15-11-3-9(4-12(16)5-11)6-17-13(19)8-18-2-1-10(7-18)14(20)21;/h3-5,10H,1-2,6-8H2,(H,17,19)(H,20,21);1H. The average Bonchev–Trinajstić information content (AvgIpc) is 2.84. The number of likely N-dealkylation sites (tertiary alicyclic amines) is 1. The molecular weight excluding hydrogens is 318 g/mol. The molecule has 1 unspecified atom stereocenters. The minimum atomic E-state index is -0.854. The molecule has 0 bridgehead atoms. The second kappa shape index (κ2) is 8.05. The molecule has 0 spiro atoms. The van der Waals surface area contributed by atoms with Crippen LogP contribution in [0, 0.1) is 17.6 Å². The van der Waals surface area contributed by atoms with E-state index in [1.54, 1.807) is 4.90 Å². The van der Waals surface area contributed by atoms with Gasteiger partial charge in [0.1, 0.15) is 11.6 Å². The van der Waals surface area contributed by atoms with Gasteiger partial charge in [-0.2, -0.15) is 0 Å². The van der Waals surface area contributed by atoms with Gasteiger partial charge in [0.2, 0.25) is 5.91 Å². The smallest absolute Gasteiger partial charge is 0.307 e. The predicted octanol–water partition coefficient (Wildman–Crippen LogP) is 1.41. The van der Waals surface area contributed by atoms with Gasteiger partial charge in [0.05, 0.1) is 12.5 Å². The number of halogens is 3. The fraction of sp³-hybridized carbons (Fsp3) is 0.429. The maximum absolute atomic E-state index is 13.0. The number of benzene rings is 1. The van der Waals surface area contributed by atoms with Crippen LogP contribution in [0.2, 0.25) is 0 Å². The number of carbonyl (C=O) groups excluding carboxylic acids is 1. The molecule has 1 aliphatic heterocycles. The third-order valence-corrected chi connectivity index (χ3v) is 3.40. The lowest BCUT2D eigenvalue weighted by Crippen LogP contribution is -2.36. The van der Waals surface area contributed by atoms with Gasteiger partial charge in [-0.3, -0.25) is 14.5 Å². The number of carboxylic acid groups (broad SMARTS) is 1. The van der Waals surface area contributed by atoms with Crippen molar-refractivity contribution in [1.29, 1.82) is 0 Å². The van der Waals surface area contributed by atoms with Crippen LogP contribution < -0.4 is 5.32 Å². The minimum Gasteiger partial charge on any atom is -0.481 e. The Bertz CT molecular complexity index is 537. The van der Waals surface area contributed by atoms with E-state index in [0.29, 0.717) is 25.1 Å². The van der Waals surface area contributed by atoms with Crippen molar-refractivity contribution in [3.8, 4) is 0 Å². The molecule has 8 heteroatoms. The van der Waals surface area contributed by atoms with Crippen LogP contribution in [0.3, 0.4) is 0 Å². The van der Waals surface area contributed by atoms with Crippen LogP contribution in [0.4, 0.5) is 8.78 Å². The van der Waals surface area contributed by atoms with Gasteiger partial charge in [0.15, 0.2) is 0 Å². The van der Waals surface area contributed by atoms with Gasteiger partial charge in [0.25, 0.3) is 0 Å². The molecule has 0 aliphatic carbocycles. The zero-order valence-electron chi connectivity index (χ0n) is 11.7. The SMILES string of the molecule is Cl.O=C(CN1CCC(C(=O)O)C1)NCc1cc(F)cc(F)c1. The zero-order chi connectivity index (χ0) is 15.4. The Morgan fingerprint density at radius 1 is 1.27 bits per heavy atom. The molecule has 1 aliphatic rings. The summed E-state index contributed by atoms with van der Waals surface area (Å²) in [4.78, 5) is 24.3. The second-order valence-corrected chi connectivity index (χ2v) is 5.11. The van der Waals surface area contributed by atoms with E-state index in [1.807, 2.05) is 0 Å². The van der Waals surface area contributed by atoms with Crippen molar-refractivity contribution >= 4 is 24.3 Å². The number of nitrogens with one attached hydrogen (secondary N) is 1.